The molecular weight excluding hydrogens is 515 g/mol. The number of rotatable bonds is 5. The number of carbonyl (C=O) groups excluding carboxylic acids is 1. The van der Waals surface area contributed by atoms with Gasteiger partial charge in [-0.05, 0) is 54.1 Å². The maximum absolute atomic E-state index is 14.6. The second-order valence-electron chi connectivity index (χ2n) is 8.56. The first-order chi connectivity index (χ1) is 17.4. The van der Waals surface area contributed by atoms with Crippen molar-refractivity contribution in [3.63, 3.8) is 0 Å². The van der Waals surface area contributed by atoms with Crippen LogP contribution in [0.5, 0.6) is 0 Å². The van der Waals surface area contributed by atoms with E-state index < -0.39 is 39.1 Å². The molecule has 1 aliphatic heterocycles. The van der Waals surface area contributed by atoms with Crippen LogP contribution in [0.15, 0.2) is 65.6 Å². The molecule has 1 amide bonds. The van der Waals surface area contributed by atoms with Crippen LogP contribution in [-0.2, 0) is 16.0 Å². The number of piperazine rings is 1. The monoisotopic (exact) mass is 538 g/mol. The fourth-order valence-corrected chi connectivity index (χ4v) is 5.11. The number of hydrogen-bond acceptors (Lipinski definition) is 4. The van der Waals surface area contributed by atoms with E-state index >= 15 is 0 Å². The number of nitrogens with zero attached hydrogens (tertiary/aromatic N) is 2. The van der Waals surface area contributed by atoms with E-state index in [2.05, 4.69) is 0 Å². The topological polar surface area (TPSA) is 57.7 Å². The predicted octanol–water partition coefficient (Wildman–Crippen LogP) is 5.41. The van der Waals surface area contributed by atoms with Crippen LogP contribution in [0.1, 0.15) is 22.8 Å². The van der Waals surface area contributed by atoms with Gasteiger partial charge < -0.3 is 9.80 Å². The van der Waals surface area contributed by atoms with E-state index in [1.165, 1.54) is 48.2 Å². The van der Waals surface area contributed by atoms with Crippen molar-refractivity contribution in [2.24, 2.45) is 0 Å². The summed E-state index contributed by atoms with van der Waals surface area (Å²) >= 11 is 0. The van der Waals surface area contributed by atoms with E-state index in [1.54, 1.807) is 0 Å². The smallest absolute Gasteiger partial charge is 0.368 e. The van der Waals surface area contributed by atoms with Crippen molar-refractivity contribution in [3.05, 3.63) is 83.4 Å². The normalized spacial score (nSPS) is 14.6. The third kappa shape index (κ3) is 5.61. The number of sulfone groups is 1. The minimum atomic E-state index is -4.44. The first kappa shape index (κ1) is 26.6. The molecule has 3 aromatic carbocycles. The lowest BCUT2D eigenvalue weighted by atomic mass is 9.98. The van der Waals surface area contributed by atoms with Crippen molar-refractivity contribution in [1.29, 1.82) is 0 Å². The maximum atomic E-state index is 14.6. The summed E-state index contributed by atoms with van der Waals surface area (Å²) in [5.74, 6) is -2.42. The van der Waals surface area contributed by atoms with Crippen LogP contribution in [0, 0.1) is 11.6 Å². The molecule has 1 saturated heterocycles. The van der Waals surface area contributed by atoms with Crippen molar-refractivity contribution in [2.45, 2.75) is 18.0 Å². The largest absolute Gasteiger partial charge is 0.416 e. The Morgan fingerprint density at radius 2 is 1.49 bits per heavy atom. The highest BCUT2D eigenvalue weighted by molar-refractivity contribution is 7.91. The van der Waals surface area contributed by atoms with E-state index in [1.807, 2.05) is 4.90 Å². The number of carbonyl (C=O) groups is 1. The molecule has 1 aliphatic rings. The summed E-state index contributed by atoms with van der Waals surface area (Å²) in [6.07, 6.45) is -4.44. The van der Waals surface area contributed by atoms with Gasteiger partial charge in [0, 0.05) is 49.1 Å². The third-order valence-electron chi connectivity index (χ3n) is 6.31. The van der Waals surface area contributed by atoms with Crippen molar-refractivity contribution in [1.82, 2.24) is 4.90 Å². The molecule has 1 heterocycles. The van der Waals surface area contributed by atoms with Gasteiger partial charge in [0.1, 0.15) is 11.6 Å². The average molecular weight is 539 g/mol. The van der Waals surface area contributed by atoms with E-state index in [-0.39, 0.29) is 40.4 Å². The van der Waals surface area contributed by atoms with Crippen LogP contribution in [0.25, 0.3) is 11.1 Å². The molecule has 4 rings (SSSR count). The Kier molecular flexibility index (Phi) is 7.27. The van der Waals surface area contributed by atoms with Crippen molar-refractivity contribution in [2.75, 3.05) is 36.8 Å². The lowest BCUT2D eigenvalue weighted by Gasteiger charge is -2.36. The van der Waals surface area contributed by atoms with Gasteiger partial charge in [-0.1, -0.05) is 13.0 Å². The van der Waals surface area contributed by atoms with Gasteiger partial charge in [-0.3, -0.25) is 4.79 Å². The average Bonchev–Trinajstić information content (AvgIpc) is 2.88. The highest BCUT2D eigenvalue weighted by Crippen LogP contribution is 2.32. The number of hydrogen-bond donors (Lipinski definition) is 0. The molecule has 0 unspecified atom stereocenters. The fraction of sp³-hybridized carbons (Fsp3) is 0.269. The summed E-state index contributed by atoms with van der Waals surface area (Å²) in [4.78, 5) is 16.8. The van der Waals surface area contributed by atoms with Gasteiger partial charge in [0.15, 0.2) is 9.84 Å². The summed E-state index contributed by atoms with van der Waals surface area (Å²) in [6.45, 7) is 2.52. The van der Waals surface area contributed by atoms with E-state index in [9.17, 15) is 35.2 Å². The van der Waals surface area contributed by atoms with Gasteiger partial charge >= 0.3 is 6.18 Å². The molecule has 0 bridgehead atoms. The lowest BCUT2D eigenvalue weighted by molar-refractivity contribution is -0.137. The highest BCUT2D eigenvalue weighted by Gasteiger charge is 2.31. The summed E-state index contributed by atoms with van der Waals surface area (Å²) in [5, 5.41) is 0. The van der Waals surface area contributed by atoms with Crippen molar-refractivity contribution >= 4 is 21.4 Å². The van der Waals surface area contributed by atoms with Crippen LogP contribution in [0.3, 0.4) is 0 Å². The van der Waals surface area contributed by atoms with E-state index in [4.69, 9.17) is 0 Å². The van der Waals surface area contributed by atoms with Crippen LogP contribution < -0.4 is 4.90 Å². The molecule has 5 nitrogen and oxygen atoms in total. The second kappa shape index (κ2) is 10.1. The molecular formula is C26H23F5N2O3S. The van der Waals surface area contributed by atoms with Gasteiger partial charge in [0.2, 0.25) is 0 Å². The molecule has 0 aliphatic carbocycles. The number of anilines is 1. The van der Waals surface area contributed by atoms with Crippen LogP contribution in [-0.4, -0.2) is 51.2 Å². The van der Waals surface area contributed by atoms with Crippen LogP contribution in [0.4, 0.5) is 27.6 Å². The van der Waals surface area contributed by atoms with E-state index in [0.717, 1.165) is 18.2 Å². The number of benzene rings is 3. The molecule has 0 saturated carbocycles. The zero-order valence-corrected chi connectivity index (χ0v) is 20.5. The Morgan fingerprint density at radius 3 is 2.05 bits per heavy atom. The van der Waals surface area contributed by atoms with Gasteiger partial charge in [-0.2, -0.15) is 13.2 Å². The number of halogens is 5. The lowest BCUT2D eigenvalue weighted by Crippen LogP contribution is -2.49. The molecule has 196 valence electrons. The molecule has 0 radical (unpaired) electrons. The molecule has 37 heavy (non-hydrogen) atoms. The van der Waals surface area contributed by atoms with E-state index in [0.29, 0.717) is 24.8 Å². The van der Waals surface area contributed by atoms with Gasteiger partial charge in [0.25, 0.3) is 5.91 Å². The maximum Gasteiger partial charge on any atom is 0.416 e. The molecule has 1 fully saturated rings. The number of amides is 1. The first-order valence-corrected chi connectivity index (χ1v) is 13.1. The SMILES string of the molecule is CCS(=O)(=O)c1ccc(-c2ccc(F)cc2F)c(C(=O)N2CCN(c3ccc(C(F)(F)F)cc3)CC2)c1. The van der Waals surface area contributed by atoms with Gasteiger partial charge in [-0.25, -0.2) is 17.2 Å². The molecule has 3 aromatic rings. The Morgan fingerprint density at radius 1 is 0.865 bits per heavy atom. The molecule has 0 atom stereocenters. The third-order valence-corrected chi connectivity index (χ3v) is 8.04. The second-order valence-corrected chi connectivity index (χ2v) is 10.8. The quantitative estimate of drug-likeness (QED) is 0.408. The Balaban J connectivity index is 1.61. The fourth-order valence-electron chi connectivity index (χ4n) is 4.20. The molecule has 0 N–H and O–H groups in total. The Bertz CT molecular complexity index is 1420. The Labute approximate surface area is 211 Å². The zero-order chi connectivity index (χ0) is 27.0. The van der Waals surface area contributed by atoms with Crippen molar-refractivity contribution in [3.8, 4) is 11.1 Å². The summed E-state index contributed by atoms with van der Waals surface area (Å²) in [6, 6.07) is 11.5. The van der Waals surface area contributed by atoms with Crippen LogP contribution in [0.2, 0.25) is 0 Å². The molecule has 11 heteroatoms. The predicted molar refractivity (Wildman–Crippen MR) is 129 cm³/mol. The number of alkyl halides is 3. The standard InChI is InChI=1S/C26H23F5N2O3S/c1-2-37(35,36)20-8-10-21(22-9-5-18(27)15-24(22)28)23(16-20)25(34)33-13-11-32(12-14-33)19-6-3-17(4-7-19)26(29,30)31/h3-10,15-16H,2,11-14H2,1H3. The van der Waals surface area contributed by atoms with Gasteiger partial charge in [0.05, 0.1) is 16.2 Å². The summed E-state index contributed by atoms with van der Waals surface area (Å²) < 4.78 is 91.6. The Hall–Kier alpha value is -3.47. The minimum Gasteiger partial charge on any atom is -0.368 e. The summed E-state index contributed by atoms with van der Waals surface area (Å²) in [5.41, 5.74) is -0.142. The first-order valence-electron chi connectivity index (χ1n) is 11.4. The highest BCUT2D eigenvalue weighted by atomic mass is 32.2. The van der Waals surface area contributed by atoms with Crippen LogP contribution >= 0.6 is 0 Å². The molecule has 0 spiro atoms. The summed E-state index contributed by atoms with van der Waals surface area (Å²) in [7, 11) is -3.67. The van der Waals surface area contributed by atoms with Crippen molar-refractivity contribution < 1.29 is 35.2 Å². The van der Waals surface area contributed by atoms with Gasteiger partial charge in [-0.15, -0.1) is 0 Å². The molecule has 0 aromatic heterocycles. The zero-order valence-electron chi connectivity index (χ0n) is 19.7. The minimum absolute atomic E-state index is 0.0389.